The summed E-state index contributed by atoms with van der Waals surface area (Å²) in [6.45, 7) is 8.55. The Hall–Kier alpha value is -2.33. The van der Waals surface area contributed by atoms with Gasteiger partial charge in [0.15, 0.2) is 5.78 Å². The van der Waals surface area contributed by atoms with Crippen LogP contribution in [0.3, 0.4) is 0 Å². The minimum absolute atomic E-state index is 0.0286. The summed E-state index contributed by atoms with van der Waals surface area (Å²) in [7, 11) is 0. The second kappa shape index (κ2) is 7.49. The quantitative estimate of drug-likeness (QED) is 0.494. The monoisotopic (exact) mass is 344 g/mol. The lowest BCUT2D eigenvalue weighted by Crippen LogP contribution is -2.15. The number of aryl methyl sites for hydroxylation is 2. The molecular weight excluding hydrogens is 324 g/mol. The van der Waals surface area contributed by atoms with Crippen LogP contribution in [0.25, 0.3) is 0 Å². The number of rotatable bonds is 6. The molecule has 126 valence electrons. The molecule has 0 saturated heterocycles. The average molecular weight is 344 g/mol. The number of carbonyl (C=O) groups is 1. The van der Waals surface area contributed by atoms with Crippen LogP contribution in [-0.4, -0.2) is 26.1 Å². The number of nitrogens with one attached hydrogen (secondary N) is 1. The van der Waals surface area contributed by atoms with Crippen LogP contribution in [0, 0.1) is 32.1 Å². The molecule has 0 saturated carbocycles. The van der Waals surface area contributed by atoms with Crippen LogP contribution in [0.1, 0.15) is 46.3 Å². The minimum Gasteiger partial charge on any atom is -0.348 e. The summed E-state index contributed by atoms with van der Waals surface area (Å²) < 4.78 is 2.13. The number of ketones is 1. The highest BCUT2D eigenvalue weighted by molar-refractivity contribution is 8.00. The molecule has 0 bridgehead atoms. The van der Waals surface area contributed by atoms with Gasteiger partial charge in [0.25, 0.3) is 0 Å². The molecule has 2 aromatic heterocycles. The summed E-state index contributed by atoms with van der Waals surface area (Å²) in [5.74, 6) is 0.111. The first-order chi connectivity index (χ1) is 11.4. The van der Waals surface area contributed by atoms with E-state index < -0.39 is 5.69 Å². The molecule has 7 heteroatoms. The number of aromatic nitrogens is 3. The van der Waals surface area contributed by atoms with Crippen LogP contribution in [-0.2, 0) is 6.54 Å². The molecule has 0 aromatic carbocycles. The second-order valence-electron chi connectivity index (χ2n) is 5.61. The largest absolute Gasteiger partial charge is 0.348 e. The number of carbonyl (C=O) groups excluding carboxylic acids is 1. The fraction of sp³-hybridized carbons (Fsp3) is 0.412. The van der Waals surface area contributed by atoms with Crippen LogP contribution in [0.15, 0.2) is 15.9 Å². The first-order valence-corrected chi connectivity index (χ1v) is 8.71. The van der Waals surface area contributed by atoms with Crippen molar-refractivity contribution >= 4 is 17.5 Å². The Bertz CT molecular complexity index is 874. The minimum atomic E-state index is -0.512. The summed E-state index contributed by atoms with van der Waals surface area (Å²) >= 11 is 1.13. The lowest BCUT2D eigenvalue weighted by atomic mass is 10.2. The van der Waals surface area contributed by atoms with Crippen molar-refractivity contribution in [2.24, 2.45) is 0 Å². The van der Waals surface area contributed by atoms with Gasteiger partial charge in [-0.1, -0.05) is 18.7 Å². The average Bonchev–Trinajstić information content (AvgIpc) is 2.81. The molecule has 0 atom stereocenters. The van der Waals surface area contributed by atoms with E-state index in [0.717, 1.165) is 36.1 Å². The van der Waals surface area contributed by atoms with E-state index in [1.165, 1.54) is 0 Å². The summed E-state index contributed by atoms with van der Waals surface area (Å²) in [4.78, 5) is 30.3. The van der Waals surface area contributed by atoms with E-state index in [1.807, 2.05) is 26.0 Å². The first kappa shape index (κ1) is 18.0. The maximum Gasteiger partial charge on any atom is 0.346 e. The molecule has 0 spiro atoms. The number of nitrogens with zero attached hydrogens (tertiary/aromatic N) is 3. The van der Waals surface area contributed by atoms with Crippen molar-refractivity contribution in [2.75, 3.05) is 5.75 Å². The van der Waals surface area contributed by atoms with Gasteiger partial charge >= 0.3 is 5.69 Å². The number of hydrogen-bond acceptors (Lipinski definition) is 5. The summed E-state index contributed by atoms with van der Waals surface area (Å²) in [5, 5.41) is 9.50. The highest BCUT2D eigenvalue weighted by atomic mass is 32.2. The molecule has 0 fully saturated rings. The number of Topliss-reactive ketones (excluding diaryl/α,β-unsaturated/α-hetero) is 1. The smallest absolute Gasteiger partial charge is 0.346 e. The van der Waals surface area contributed by atoms with E-state index in [1.54, 1.807) is 6.92 Å². The zero-order valence-corrected chi connectivity index (χ0v) is 15.1. The van der Waals surface area contributed by atoms with Crippen LogP contribution in [0.5, 0.6) is 0 Å². The van der Waals surface area contributed by atoms with Crippen LogP contribution in [0.4, 0.5) is 0 Å². The van der Waals surface area contributed by atoms with Crippen molar-refractivity contribution in [3.63, 3.8) is 0 Å². The van der Waals surface area contributed by atoms with Crippen LogP contribution < -0.4 is 5.69 Å². The molecule has 1 N–H and O–H groups in total. The fourth-order valence-corrected chi connectivity index (χ4v) is 3.57. The van der Waals surface area contributed by atoms with E-state index in [4.69, 9.17) is 0 Å². The normalized spacial score (nSPS) is 10.6. The number of hydrogen-bond donors (Lipinski definition) is 1. The zero-order chi connectivity index (χ0) is 17.9. The summed E-state index contributed by atoms with van der Waals surface area (Å²) in [6.07, 6.45) is 1.00. The molecule has 0 aliphatic carbocycles. The van der Waals surface area contributed by atoms with E-state index in [-0.39, 0.29) is 11.5 Å². The molecule has 0 radical (unpaired) electrons. The topological polar surface area (TPSA) is 91.5 Å². The fourth-order valence-electron chi connectivity index (χ4n) is 2.66. The standard InChI is InChI=1S/C17H20N4O2S/c1-5-6-21-10(2)7-13(12(21)4)15(22)9-24-16-14(8-18)11(3)19-17(23)20-16/h7H,5-6,9H2,1-4H3,(H,19,20,23). The molecule has 2 heterocycles. The molecule has 0 amide bonds. The van der Waals surface area contributed by atoms with Gasteiger partial charge in [0.1, 0.15) is 16.7 Å². The number of H-pyrrole nitrogens is 1. The molecule has 0 unspecified atom stereocenters. The predicted octanol–water partition coefficient (Wildman–Crippen LogP) is 2.75. The third-order valence-electron chi connectivity index (χ3n) is 3.86. The van der Waals surface area contributed by atoms with Crippen molar-refractivity contribution in [3.05, 3.63) is 44.8 Å². The lowest BCUT2D eigenvalue weighted by Gasteiger charge is -2.08. The first-order valence-electron chi connectivity index (χ1n) is 7.72. The molecule has 24 heavy (non-hydrogen) atoms. The molecule has 6 nitrogen and oxygen atoms in total. The molecule has 2 rings (SSSR count). The second-order valence-corrected chi connectivity index (χ2v) is 6.57. The molecular formula is C17H20N4O2S. The van der Waals surface area contributed by atoms with Crippen molar-refractivity contribution in [1.29, 1.82) is 5.26 Å². The van der Waals surface area contributed by atoms with E-state index in [9.17, 15) is 14.9 Å². The van der Waals surface area contributed by atoms with Gasteiger partial charge in [-0.25, -0.2) is 4.79 Å². The van der Waals surface area contributed by atoms with Gasteiger partial charge in [-0.15, -0.1) is 0 Å². The maximum atomic E-state index is 12.5. The van der Waals surface area contributed by atoms with E-state index in [2.05, 4.69) is 21.5 Å². The van der Waals surface area contributed by atoms with Crippen LogP contribution in [0.2, 0.25) is 0 Å². The Labute approximate surface area is 144 Å². The van der Waals surface area contributed by atoms with Crippen molar-refractivity contribution in [1.82, 2.24) is 14.5 Å². The third-order valence-corrected chi connectivity index (χ3v) is 4.83. The van der Waals surface area contributed by atoms with Gasteiger partial charge in [0.2, 0.25) is 0 Å². The Kier molecular flexibility index (Phi) is 5.62. The van der Waals surface area contributed by atoms with Gasteiger partial charge < -0.3 is 9.55 Å². The summed E-state index contributed by atoms with van der Waals surface area (Å²) in [5.41, 5.74) is 2.97. The SMILES string of the molecule is CCCn1c(C)cc(C(=O)CSc2nc(=O)[nH]c(C)c2C#N)c1C. The van der Waals surface area contributed by atoms with Gasteiger partial charge in [-0.2, -0.15) is 10.2 Å². The Morgan fingerprint density at radius 1 is 1.42 bits per heavy atom. The maximum absolute atomic E-state index is 12.5. The van der Waals surface area contributed by atoms with E-state index in [0.29, 0.717) is 21.8 Å². The Morgan fingerprint density at radius 2 is 2.12 bits per heavy atom. The Morgan fingerprint density at radius 3 is 2.75 bits per heavy atom. The van der Waals surface area contributed by atoms with Crippen molar-refractivity contribution in [2.45, 2.75) is 45.7 Å². The van der Waals surface area contributed by atoms with Crippen LogP contribution >= 0.6 is 11.8 Å². The molecule has 0 aliphatic rings. The Balaban J connectivity index is 2.22. The van der Waals surface area contributed by atoms with Gasteiger partial charge in [0.05, 0.1) is 5.75 Å². The number of aromatic amines is 1. The molecule has 0 aliphatic heterocycles. The van der Waals surface area contributed by atoms with Crippen molar-refractivity contribution < 1.29 is 4.79 Å². The van der Waals surface area contributed by atoms with Gasteiger partial charge in [0, 0.05) is 29.2 Å². The lowest BCUT2D eigenvalue weighted by molar-refractivity contribution is 0.102. The zero-order valence-electron chi connectivity index (χ0n) is 14.3. The van der Waals surface area contributed by atoms with E-state index >= 15 is 0 Å². The predicted molar refractivity (Wildman–Crippen MR) is 93.6 cm³/mol. The highest BCUT2D eigenvalue weighted by Crippen LogP contribution is 2.23. The van der Waals surface area contributed by atoms with Crippen molar-refractivity contribution in [3.8, 4) is 6.07 Å². The van der Waals surface area contributed by atoms with Gasteiger partial charge in [-0.3, -0.25) is 4.79 Å². The summed E-state index contributed by atoms with van der Waals surface area (Å²) in [6, 6.07) is 3.93. The number of nitriles is 1. The van der Waals surface area contributed by atoms with Gasteiger partial charge in [-0.05, 0) is 33.3 Å². The number of thioether (sulfide) groups is 1. The molecule has 2 aromatic rings. The highest BCUT2D eigenvalue weighted by Gasteiger charge is 2.17. The third kappa shape index (κ3) is 3.60.